The summed E-state index contributed by atoms with van der Waals surface area (Å²) < 4.78 is 6.59. The van der Waals surface area contributed by atoms with E-state index in [0.717, 1.165) is 60.7 Å². The van der Waals surface area contributed by atoms with Crippen LogP contribution in [0.2, 0.25) is 0 Å². The lowest BCUT2D eigenvalue weighted by Crippen LogP contribution is -1.92. The lowest BCUT2D eigenvalue weighted by atomic mass is 9.97. The van der Waals surface area contributed by atoms with Gasteiger partial charge in [-0.1, -0.05) is 117 Å². The molecule has 190 valence electrons. The molecule has 0 N–H and O–H groups in total. The van der Waals surface area contributed by atoms with Crippen LogP contribution in [0.3, 0.4) is 0 Å². The van der Waals surface area contributed by atoms with Gasteiger partial charge in [0.25, 0.3) is 0 Å². The number of rotatable bonds is 3. The summed E-state index contributed by atoms with van der Waals surface area (Å²) in [7, 11) is 0. The van der Waals surface area contributed by atoms with Crippen LogP contribution in [0.5, 0.6) is 0 Å². The van der Waals surface area contributed by atoms with Gasteiger partial charge in [-0.15, -0.1) is 0 Å². The Morgan fingerprint density at radius 1 is 0.550 bits per heavy atom. The minimum atomic E-state index is 0.385. The van der Waals surface area contributed by atoms with Crippen LogP contribution < -0.4 is 0 Å². The maximum absolute atomic E-state index is 6.59. The normalized spacial score (nSPS) is 12.0. The first-order valence-corrected chi connectivity index (χ1v) is 13.8. The molecular formula is C37H26N2O. The predicted molar refractivity (Wildman–Crippen MR) is 167 cm³/mol. The fourth-order valence-electron chi connectivity index (χ4n) is 6.13. The van der Waals surface area contributed by atoms with Crippen molar-refractivity contribution in [1.82, 2.24) is 9.97 Å². The first kappa shape index (κ1) is 22.9. The maximum Gasteiger partial charge on any atom is 0.143 e. The van der Waals surface area contributed by atoms with E-state index >= 15 is 0 Å². The van der Waals surface area contributed by atoms with Gasteiger partial charge in [-0.2, -0.15) is 0 Å². The number of aromatic nitrogens is 2. The molecular weight excluding hydrogens is 488 g/mol. The SMILES string of the molecule is CC(C)c1cccc2c1oc1c(-c3cccc(-c4cnc5c6ccccc6c6ccccc6c5n4)c3)cccc12. The number of furan rings is 1. The number of benzene rings is 6. The third-order valence-corrected chi connectivity index (χ3v) is 8.07. The van der Waals surface area contributed by atoms with Crippen LogP contribution in [0.25, 0.3) is 76.9 Å². The molecule has 6 aromatic carbocycles. The highest BCUT2D eigenvalue weighted by molar-refractivity contribution is 6.23. The van der Waals surface area contributed by atoms with E-state index in [1.807, 2.05) is 6.20 Å². The second-order valence-electron chi connectivity index (χ2n) is 10.8. The van der Waals surface area contributed by atoms with E-state index in [2.05, 4.69) is 123 Å². The van der Waals surface area contributed by atoms with Gasteiger partial charge in [0.15, 0.2) is 0 Å². The van der Waals surface area contributed by atoms with Crippen molar-refractivity contribution in [1.29, 1.82) is 0 Å². The average molecular weight is 515 g/mol. The Morgan fingerprint density at radius 3 is 1.90 bits per heavy atom. The van der Waals surface area contributed by atoms with Gasteiger partial charge in [-0.05, 0) is 33.9 Å². The summed E-state index contributed by atoms with van der Waals surface area (Å²) >= 11 is 0. The topological polar surface area (TPSA) is 38.9 Å². The summed E-state index contributed by atoms with van der Waals surface area (Å²) in [4.78, 5) is 10.2. The van der Waals surface area contributed by atoms with Crippen LogP contribution in [-0.2, 0) is 0 Å². The number of hydrogen-bond acceptors (Lipinski definition) is 3. The largest absolute Gasteiger partial charge is 0.455 e. The van der Waals surface area contributed by atoms with E-state index < -0.39 is 0 Å². The van der Waals surface area contributed by atoms with E-state index in [9.17, 15) is 0 Å². The Morgan fingerprint density at radius 2 is 1.15 bits per heavy atom. The third-order valence-electron chi connectivity index (χ3n) is 8.07. The molecule has 0 saturated heterocycles. The van der Waals surface area contributed by atoms with Gasteiger partial charge in [0, 0.05) is 32.7 Å². The fourth-order valence-corrected chi connectivity index (χ4v) is 6.13. The third kappa shape index (κ3) is 3.37. The van der Waals surface area contributed by atoms with Crippen molar-refractivity contribution in [2.24, 2.45) is 0 Å². The monoisotopic (exact) mass is 514 g/mol. The number of nitrogens with zero attached hydrogens (tertiary/aromatic N) is 2. The van der Waals surface area contributed by atoms with E-state index in [1.165, 1.54) is 21.7 Å². The van der Waals surface area contributed by atoms with E-state index in [0.29, 0.717) is 5.92 Å². The summed E-state index contributed by atoms with van der Waals surface area (Å²) in [5, 5.41) is 6.95. The molecule has 0 atom stereocenters. The highest BCUT2D eigenvalue weighted by atomic mass is 16.3. The van der Waals surface area contributed by atoms with Crippen molar-refractivity contribution in [2.45, 2.75) is 19.8 Å². The van der Waals surface area contributed by atoms with Crippen LogP contribution in [0.1, 0.15) is 25.3 Å². The second-order valence-corrected chi connectivity index (χ2v) is 10.8. The Labute approximate surface area is 231 Å². The zero-order valence-electron chi connectivity index (χ0n) is 22.3. The summed E-state index contributed by atoms with van der Waals surface area (Å²) in [6.45, 7) is 4.42. The van der Waals surface area contributed by atoms with Gasteiger partial charge in [0.1, 0.15) is 11.2 Å². The highest BCUT2D eigenvalue weighted by Gasteiger charge is 2.17. The van der Waals surface area contributed by atoms with Crippen molar-refractivity contribution >= 4 is 54.5 Å². The molecule has 2 aromatic heterocycles. The molecule has 0 spiro atoms. The molecule has 0 aliphatic carbocycles. The molecule has 0 radical (unpaired) electrons. The summed E-state index contributed by atoms with van der Waals surface area (Å²) in [5.41, 5.74) is 9.06. The second kappa shape index (κ2) is 8.75. The lowest BCUT2D eigenvalue weighted by molar-refractivity contribution is 0.658. The van der Waals surface area contributed by atoms with E-state index in [4.69, 9.17) is 14.4 Å². The van der Waals surface area contributed by atoms with Gasteiger partial charge >= 0.3 is 0 Å². The Bertz CT molecular complexity index is 2220. The molecule has 0 aliphatic rings. The molecule has 3 heteroatoms. The summed E-state index contributed by atoms with van der Waals surface area (Å²) in [6.07, 6.45) is 1.90. The maximum atomic E-state index is 6.59. The molecule has 0 unspecified atom stereocenters. The van der Waals surface area contributed by atoms with Gasteiger partial charge in [-0.25, -0.2) is 4.98 Å². The number of hydrogen-bond donors (Lipinski definition) is 0. The molecule has 2 heterocycles. The first-order valence-electron chi connectivity index (χ1n) is 13.8. The average Bonchev–Trinajstić information content (AvgIpc) is 3.40. The molecule has 0 saturated carbocycles. The number of para-hydroxylation sites is 2. The molecule has 3 nitrogen and oxygen atoms in total. The van der Waals surface area contributed by atoms with E-state index in [-0.39, 0.29) is 0 Å². The van der Waals surface area contributed by atoms with Crippen molar-refractivity contribution in [3.05, 3.63) is 121 Å². The van der Waals surface area contributed by atoms with Crippen LogP contribution >= 0.6 is 0 Å². The minimum Gasteiger partial charge on any atom is -0.455 e. The molecule has 0 amide bonds. The van der Waals surface area contributed by atoms with Gasteiger partial charge in [0.2, 0.25) is 0 Å². The summed E-state index contributed by atoms with van der Waals surface area (Å²) in [5.74, 6) is 0.385. The van der Waals surface area contributed by atoms with Gasteiger partial charge < -0.3 is 4.42 Å². The van der Waals surface area contributed by atoms with Crippen LogP contribution in [0.4, 0.5) is 0 Å². The van der Waals surface area contributed by atoms with Crippen molar-refractivity contribution in [3.8, 4) is 22.4 Å². The van der Waals surface area contributed by atoms with Crippen molar-refractivity contribution in [2.75, 3.05) is 0 Å². The van der Waals surface area contributed by atoms with Gasteiger partial charge in [0.05, 0.1) is 22.9 Å². The Hall–Kier alpha value is -5.02. The van der Waals surface area contributed by atoms with Crippen LogP contribution in [-0.4, -0.2) is 9.97 Å². The lowest BCUT2D eigenvalue weighted by Gasteiger charge is -2.11. The zero-order valence-corrected chi connectivity index (χ0v) is 22.3. The molecule has 0 aliphatic heterocycles. The van der Waals surface area contributed by atoms with Gasteiger partial charge in [-0.3, -0.25) is 4.98 Å². The Balaban J connectivity index is 1.32. The molecule has 0 fully saturated rings. The fraction of sp³-hybridized carbons (Fsp3) is 0.0811. The molecule has 0 bridgehead atoms. The predicted octanol–water partition coefficient (Wildman–Crippen LogP) is 10.3. The zero-order chi connectivity index (χ0) is 26.8. The van der Waals surface area contributed by atoms with Crippen LogP contribution in [0, 0.1) is 0 Å². The molecule has 8 aromatic rings. The first-order chi connectivity index (χ1) is 19.7. The molecule has 40 heavy (non-hydrogen) atoms. The molecule has 8 rings (SSSR count). The quantitative estimate of drug-likeness (QED) is 0.220. The van der Waals surface area contributed by atoms with Crippen LogP contribution in [0.15, 0.2) is 120 Å². The van der Waals surface area contributed by atoms with Crippen molar-refractivity contribution < 1.29 is 4.42 Å². The van der Waals surface area contributed by atoms with E-state index in [1.54, 1.807) is 0 Å². The standard InChI is InChI=1S/C37H26N2O/c1-22(2)25-16-8-18-31-32-19-9-17-26(37(32)40-36(25)31)23-10-7-11-24(20-23)33-21-38-34-29-14-5-3-12-27(29)28-13-4-6-15-30(28)35(34)39-33/h3-22H,1-2H3. The smallest absolute Gasteiger partial charge is 0.143 e. The van der Waals surface area contributed by atoms with Crippen molar-refractivity contribution in [3.63, 3.8) is 0 Å². The summed E-state index contributed by atoms with van der Waals surface area (Å²) in [6, 6.07) is 38.4. The Kier molecular flexibility index (Phi) is 5.02. The highest BCUT2D eigenvalue weighted by Crippen LogP contribution is 2.40. The number of fused-ring (bicyclic) bond motifs is 9. The minimum absolute atomic E-state index is 0.385.